The molecule has 0 bridgehead atoms. The average Bonchev–Trinajstić information content (AvgIpc) is 2.87. The maximum Gasteiger partial charge on any atom is 0.437 e. The largest absolute Gasteiger partial charge is 0.493 e. The van der Waals surface area contributed by atoms with Crippen molar-refractivity contribution in [2.75, 3.05) is 24.7 Å². The summed E-state index contributed by atoms with van der Waals surface area (Å²) in [5.74, 6) is 0.356. The van der Waals surface area contributed by atoms with Gasteiger partial charge in [-0.1, -0.05) is 31.1 Å². The van der Waals surface area contributed by atoms with E-state index in [0.717, 1.165) is 17.7 Å². The van der Waals surface area contributed by atoms with Gasteiger partial charge >= 0.3 is 16.3 Å². The molecular formula is C25H33F3N2O8S2. The predicted octanol–water partition coefficient (Wildman–Crippen LogP) is 4.88. The molecule has 2 aromatic carbocycles. The summed E-state index contributed by atoms with van der Waals surface area (Å²) in [6.07, 6.45) is -3.84. The summed E-state index contributed by atoms with van der Waals surface area (Å²) in [4.78, 5) is 0. The second-order valence-electron chi connectivity index (χ2n) is 8.60. The van der Waals surface area contributed by atoms with Crippen LogP contribution in [0.3, 0.4) is 0 Å². The molecule has 0 radical (unpaired) electrons. The first-order chi connectivity index (χ1) is 18.8. The molecule has 0 aliphatic rings. The second kappa shape index (κ2) is 15.2. The van der Waals surface area contributed by atoms with Crippen molar-refractivity contribution in [1.29, 1.82) is 0 Å². The first kappa shape index (κ1) is 33.3. The molecule has 0 aliphatic heterocycles. The number of rotatable bonds is 17. The van der Waals surface area contributed by atoms with Crippen LogP contribution in [0.1, 0.15) is 57.2 Å². The van der Waals surface area contributed by atoms with Crippen LogP contribution in [0.4, 0.5) is 13.2 Å². The standard InChI is InChI=1S/C25H33F3N2O8S2/c1-4-17-39(31,32)37-29-19(3)20-7-11-22(12-8-20)35-15-6-16-36-23-13-9-21(10-14-23)24(25(26,27)28)30-38-40(33,34)18-5-2/h7-14,19,29H,4-6,15-18H2,1-3H3/b30-24-. The normalized spacial score (nSPS) is 13.6. The maximum atomic E-state index is 13.4. The highest BCUT2D eigenvalue weighted by Crippen LogP contribution is 2.25. The van der Waals surface area contributed by atoms with Crippen molar-refractivity contribution in [2.45, 2.75) is 52.3 Å². The Labute approximate surface area is 232 Å². The van der Waals surface area contributed by atoms with Crippen molar-refractivity contribution in [3.8, 4) is 11.5 Å². The fourth-order valence-corrected chi connectivity index (χ4v) is 4.79. The van der Waals surface area contributed by atoms with E-state index in [0.29, 0.717) is 30.9 Å². The van der Waals surface area contributed by atoms with Crippen molar-refractivity contribution in [3.63, 3.8) is 0 Å². The van der Waals surface area contributed by atoms with Crippen LogP contribution in [-0.4, -0.2) is 53.4 Å². The zero-order chi connectivity index (χ0) is 29.8. The van der Waals surface area contributed by atoms with E-state index in [9.17, 15) is 30.0 Å². The molecule has 0 saturated carbocycles. The molecule has 0 spiro atoms. The number of alkyl halides is 3. The van der Waals surface area contributed by atoms with Crippen LogP contribution in [0.15, 0.2) is 53.7 Å². The van der Waals surface area contributed by atoms with Crippen molar-refractivity contribution in [3.05, 3.63) is 59.7 Å². The minimum atomic E-state index is -4.93. The Morgan fingerprint density at radius 3 is 1.85 bits per heavy atom. The van der Waals surface area contributed by atoms with Gasteiger partial charge in [-0.05, 0) is 61.7 Å². The SMILES string of the molecule is CCCS(=O)(=O)O/N=C(/c1ccc(OCCCOc2ccc(C(C)NOS(=O)(=O)CCC)cc2)cc1)C(F)(F)F. The van der Waals surface area contributed by atoms with Crippen LogP contribution in [0, 0.1) is 0 Å². The quantitative estimate of drug-likeness (QED) is 0.151. The lowest BCUT2D eigenvalue weighted by molar-refractivity contribution is -0.0597. The minimum Gasteiger partial charge on any atom is -0.493 e. The summed E-state index contributed by atoms with van der Waals surface area (Å²) in [5.41, 5.74) is 1.45. The Hall–Kier alpha value is -2.88. The van der Waals surface area contributed by atoms with Crippen molar-refractivity contribution in [2.24, 2.45) is 5.16 Å². The monoisotopic (exact) mass is 610 g/mol. The summed E-state index contributed by atoms with van der Waals surface area (Å²) >= 11 is 0. The molecule has 0 aliphatic carbocycles. The van der Waals surface area contributed by atoms with Gasteiger partial charge in [0.1, 0.15) is 11.5 Å². The third-order valence-electron chi connectivity index (χ3n) is 5.10. The highest BCUT2D eigenvalue weighted by atomic mass is 32.2. The van der Waals surface area contributed by atoms with Crippen LogP contribution in [-0.2, 0) is 28.8 Å². The molecule has 40 heavy (non-hydrogen) atoms. The molecule has 2 aromatic rings. The first-order valence-corrected chi connectivity index (χ1v) is 15.6. The molecule has 0 amide bonds. The van der Waals surface area contributed by atoms with Gasteiger partial charge in [0.2, 0.25) is 0 Å². The van der Waals surface area contributed by atoms with Gasteiger partial charge < -0.3 is 9.47 Å². The number of benzene rings is 2. The number of halogens is 3. The van der Waals surface area contributed by atoms with E-state index in [1.165, 1.54) is 12.1 Å². The Kier molecular flexibility index (Phi) is 12.7. The van der Waals surface area contributed by atoms with Gasteiger partial charge in [0, 0.05) is 12.0 Å². The highest BCUT2D eigenvalue weighted by molar-refractivity contribution is 7.86. The Balaban J connectivity index is 1.82. The second-order valence-corrected chi connectivity index (χ2v) is 12.0. The molecule has 0 fully saturated rings. The molecule has 0 heterocycles. The Bertz CT molecular complexity index is 1300. The predicted molar refractivity (Wildman–Crippen MR) is 143 cm³/mol. The van der Waals surface area contributed by atoms with Gasteiger partial charge in [0.05, 0.1) is 30.8 Å². The van der Waals surface area contributed by atoms with E-state index in [1.807, 2.05) is 0 Å². The lowest BCUT2D eigenvalue weighted by atomic mass is 10.1. The van der Waals surface area contributed by atoms with Gasteiger partial charge in [-0.15, -0.1) is 0 Å². The van der Waals surface area contributed by atoms with Crippen LogP contribution in [0.5, 0.6) is 11.5 Å². The van der Waals surface area contributed by atoms with Gasteiger partial charge in [-0.3, -0.25) is 4.28 Å². The summed E-state index contributed by atoms with van der Waals surface area (Å²) in [6.45, 7) is 5.56. The Morgan fingerprint density at radius 2 is 1.35 bits per heavy atom. The van der Waals surface area contributed by atoms with Crippen LogP contribution < -0.4 is 15.0 Å². The smallest absolute Gasteiger partial charge is 0.437 e. The molecule has 0 aromatic heterocycles. The van der Waals surface area contributed by atoms with Crippen LogP contribution in [0.25, 0.3) is 0 Å². The van der Waals surface area contributed by atoms with E-state index < -0.39 is 37.9 Å². The lowest BCUT2D eigenvalue weighted by Crippen LogP contribution is -2.25. The number of ether oxygens (including phenoxy) is 2. The zero-order valence-corrected chi connectivity index (χ0v) is 23.9. The molecule has 0 saturated heterocycles. The lowest BCUT2D eigenvalue weighted by Gasteiger charge is -2.14. The van der Waals surface area contributed by atoms with E-state index >= 15 is 0 Å². The van der Waals surface area contributed by atoms with Crippen molar-refractivity contribution < 1.29 is 48.0 Å². The Morgan fingerprint density at radius 1 is 0.850 bits per heavy atom. The fraction of sp³-hybridized carbons (Fsp3) is 0.480. The van der Waals surface area contributed by atoms with Crippen LogP contribution >= 0.6 is 0 Å². The van der Waals surface area contributed by atoms with Crippen molar-refractivity contribution in [1.82, 2.24) is 5.48 Å². The first-order valence-electron chi connectivity index (χ1n) is 12.5. The van der Waals surface area contributed by atoms with Crippen LogP contribution in [0.2, 0.25) is 0 Å². The number of hydrogen-bond donors (Lipinski definition) is 1. The zero-order valence-electron chi connectivity index (χ0n) is 22.3. The van der Waals surface area contributed by atoms with E-state index in [1.54, 1.807) is 45.0 Å². The molecule has 1 unspecified atom stereocenters. The summed E-state index contributed by atoms with van der Waals surface area (Å²) in [5, 5.41) is 2.85. The third-order valence-corrected chi connectivity index (χ3v) is 7.57. The molecule has 15 heteroatoms. The topological polar surface area (TPSA) is 130 Å². The third kappa shape index (κ3) is 11.7. The fourth-order valence-electron chi connectivity index (χ4n) is 3.16. The van der Waals surface area contributed by atoms with E-state index in [2.05, 4.69) is 14.9 Å². The highest BCUT2D eigenvalue weighted by Gasteiger charge is 2.38. The van der Waals surface area contributed by atoms with E-state index in [4.69, 9.17) is 13.8 Å². The summed E-state index contributed by atoms with van der Waals surface area (Å²) in [7, 11) is -7.83. The summed E-state index contributed by atoms with van der Waals surface area (Å²) in [6, 6.07) is 11.4. The number of nitrogens with one attached hydrogen (secondary N) is 1. The van der Waals surface area contributed by atoms with Gasteiger partial charge in [0.25, 0.3) is 10.1 Å². The molecular weight excluding hydrogens is 577 g/mol. The molecule has 2 rings (SSSR count). The van der Waals surface area contributed by atoms with Gasteiger partial charge in [-0.2, -0.15) is 39.8 Å². The minimum absolute atomic E-state index is 0.0782. The maximum absolute atomic E-state index is 13.4. The van der Waals surface area contributed by atoms with E-state index in [-0.39, 0.29) is 30.4 Å². The van der Waals surface area contributed by atoms with Crippen molar-refractivity contribution >= 4 is 25.9 Å². The average molecular weight is 611 g/mol. The number of hydrogen-bond acceptors (Lipinski definition) is 10. The molecule has 10 nitrogen and oxygen atoms in total. The van der Waals surface area contributed by atoms with Gasteiger partial charge in [0.15, 0.2) is 5.71 Å². The molecule has 1 atom stereocenters. The number of hydroxylamine groups is 1. The van der Waals surface area contributed by atoms with Gasteiger partial charge in [-0.25, -0.2) is 0 Å². The molecule has 1 N–H and O–H groups in total. The number of nitrogens with zero attached hydrogens (tertiary/aromatic N) is 1. The molecule has 224 valence electrons. The summed E-state index contributed by atoms with van der Waals surface area (Å²) < 4.78 is 107. The number of oxime groups is 1.